The van der Waals surface area contributed by atoms with Crippen molar-refractivity contribution >= 4 is 0 Å². The first-order valence-corrected chi connectivity index (χ1v) is 7.55. The molecule has 0 unspecified atom stereocenters. The van der Waals surface area contributed by atoms with Crippen LogP contribution >= 0.6 is 0 Å². The molecule has 1 aliphatic heterocycles. The molecule has 1 aromatic rings. The Morgan fingerprint density at radius 3 is 3.05 bits per heavy atom. The Morgan fingerprint density at radius 2 is 2.25 bits per heavy atom. The highest BCUT2D eigenvalue weighted by Gasteiger charge is 2.25. The minimum absolute atomic E-state index is 0.248. The Morgan fingerprint density at radius 1 is 1.35 bits per heavy atom. The molecular weight excluding hydrogens is 250 g/mol. The Kier molecular flexibility index (Phi) is 4.08. The third-order valence-corrected chi connectivity index (χ3v) is 4.26. The van der Waals surface area contributed by atoms with Gasteiger partial charge in [0.25, 0.3) is 0 Å². The van der Waals surface area contributed by atoms with Crippen molar-refractivity contribution in [3.8, 4) is 5.75 Å². The summed E-state index contributed by atoms with van der Waals surface area (Å²) < 4.78 is 5.87. The number of fused-ring (bicyclic) bond motifs is 1. The number of aliphatic hydroxyl groups excluding tert-OH is 1. The molecule has 0 spiro atoms. The standard InChI is InChI=1S/C17H23NO2/c1-12-4-7-15-16(3-2-8-20-17(15)9-12)18-14-6-5-13(10-14)11-19/h4-7,9,13-14,16,18-19H,2-3,8,10-11H2,1H3/t13-,14+,16+/m0/s1. The minimum Gasteiger partial charge on any atom is -0.493 e. The highest BCUT2D eigenvalue weighted by atomic mass is 16.5. The molecule has 2 aliphatic rings. The summed E-state index contributed by atoms with van der Waals surface area (Å²) in [4.78, 5) is 0. The molecule has 3 nitrogen and oxygen atoms in total. The lowest BCUT2D eigenvalue weighted by atomic mass is 9.99. The van der Waals surface area contributed by atoms with Gasteiger partial charge in [-0.05, 0) is 37.8 Å². The second-order valence-electron chi connectivity index (χ2n) is 5.92. The van der Waals surface area contributed by atoms with E-state index in [1.54, 1.807) is 0 Å². The van der Waals surface area contributed by atoms with Gasteiger partial charge < -0.3 is 15.2 Å². The van der Waals surface area contributed by atoms with E-state index in [1.165, 1.54) is 11.1 Å². The van der Waals surface area contributed by atoms with E-state index in [0.29, 0.717) is 18.0 Å². The summed E-state index contributed by atoms with van der Waals surface area (Å²) in [5, 5.41) is 12.9. The number of benzene rings is 1. The van der Waals surface area contributed by atoms with Crippen molar-refractivity contribution in [3.05, 3.63) is 41.5 Å². The zero-order valence-electron chi connectivity index (χ0n) is 12.0. The van der Waals surface area contributed by atoms with Crippen LogP contribution in [0, 0.1) is 12.8 Å². The molecule has 2 N–H and O–H groups in total. The molecular formula is C17H23NO2. The number of aryl methyl sites for hydroxylation is 1. The predicted molar refractivity (Wildman–Crippen MR) is 79.9 cm³/mol. The van der Waals surface area contributed by atoms with E-state index in [4.69, 9.17) is 4.74 Å². The Labute approximate surface area is 120 Å². The fraction of sp³-hybridized carbons (Fsp3) is 0.529. The van der Waals surface area contributed by atoms with Crippen LogP contribution in [-0.4, -0.2) is 24.4 Å². The zero-order chi connectivity index (χ0) is 13.9. The number of ether oxygens (including phenoxy) is 1. The molecule has 0 amide bonds. The average Bonchev–Trinajstić information content (AvgIpc) is 2.81. The molecule has 0 bridgehead atoms. The fourth-order valence-electron chi connectivity index (χ4n) is 3.14. The lowest BCUT2D eigenvalue weighted by Gasteiger charge is -2.23. The van der Waals surface area contributed by atoms with Crippen LogP contribution in [0.1, 0.15) is 36.4 Å². The second-order valence-corrected chi connectivity index (χ2v) is 5.92. The van der Waals surface area contributed by atoms with E-state index >= 15 is 0 Å². The molecule has 108 valence electrons. The van der Waals surface area contributed by atoms with Gasteiger partial charge in [-0.25, -0.2) is 0 Å². The van der Waals surface area contributed by atoms with Crippen LogP contribution in [0.15, 0.2) is 30.4 Å². The van der Waals surface area contributed by atoms with Crippen molar-refractivity contribution in [1.29, 1.82) is 0 Å². The van der Waals surface area contributed by atoms with Gasteiger partial charge in [0.1, 0.15) is 5.75 Å². The number of aliphatic hydroxyl groups is 1. The molecule has 3 atom stereocenters. The number of hydrogen-bond donors (Lipinski definition) is 2. The molecule has 0 radical (unpaired) electrons. The largest absolute Gasteiger partial charge is 0.493 e. The highest BCUT2D eigenvalue weighted by molar-refractivity contribution is 5.40. The van der Waals surface area contributed by atoms with Gasteiger partial charge in [-0.1, -0.05) is 24.3 Å². The van der Waals surface area contributed by atoms with E-state index in [1.807, 2.05) is 0 Å². The maximum atomic E-state index is 9.22. The first-order valence-electron chi connectivity index (χ1n) is 7.55. The van der Waals surface area contributed by atoms with Crippen molar-refractivity contribution < 1.29 is 9.84 Å². The molecule has 1 heterocycles. The maximum Gasteiger partial charge on any atom is 0.124 e. The predicted octanol–water partition coefficient (Wildman–Crippen LogP) is 2.74. The van der Waals surface area contributed by atoms with Crippen LogP contribution in [0.3, 0.4) is 0 Å². The molecule has 3 rings (SSSR count). The Hall–Kier alpha value is -1.32. The number of nitrogens with one attached hydrogen (secondary N) is 1. The Bertz CT molecular complexity index is 498. The summed E-state index contributed by atoms with van der Waals surface area (Å²) in [5.41, 5.74) is 2.51. The minimum atomic E-state index is 0.248. The van der Waals surface area contributed by atoms with E-state index in [0.717, 1.165) is 31.6 Å². The highest BCUT2D eigenvalue weighted by Crippen LogP contribution is 2.33. The fourth-order valence-corrected chi connectivity index (χ4v) is 3.14. The van der Waals surface area contributed by atoms with Gasteiger partial charge in [0.05, 0.1) is 6.61 Å². The van der Waals surface area contributed by atoms with Crippen LogP contribution < -0.4 is 10.1 Å². The van der Waals surface area contributed by atoms with E-state index in [2.05, 4.69) is 42.6 Å². The van der Waals surface area contributed by atoms with Crippen LogP contribution in [0.5, 0.6) is 5.75 Å². The van der Waals surface area contributed by atoms with Crippen molar-refractivity contribution in [2.45, 2.75) is 38.3 Å². The summed E-state index contributed by atoms with van der Waals surface area (Å²) in [6, 6.07) is 7.19. The van der Waals surface area contributed by atoms with Crippen LogP contribution in [0.4, 0.5) is 0 Å². The lowest BCUT2D eigenvalue weighted by Crippen LogP contribution is -2.30. The van der Waals surface area contributed by atoms with Gasteiger partial charge in [-0.3, -0.25) is 0 Å². The van der Waals surface area contributed by atoms with Crippen molar-refractivity contribution in [3.63, 3.8) is 0 Å². The lowest BCUT2D eigenvalue weighted by molar-refractivity contribution is 0.244. The van der Waals surface area contributed by atoms with Crippen LogP contribution in [-0.2, 0) is 0 Å². The normalized spacial score (nSPS) is 28.8. The van der Waals surface area contributed by atoms with E-state index < -0.39 is 0 Å². The third kappa shape index (κ3) is 2.89. The average molecular weight is 273 g/mol. The van der Waals surface area contributed by atoms with E-state index in [9.17, 15) is 5.11 Å². The summed E-state index contributed by atoms with van der Waals surface area (Å²) in [5.74, 6) is 1.34. The number of rotatable bonds is 3. The summed E-state index contributed by atoms with van der Waals surface area (Å²) in [6.45, 7) is 3.15. The molecule has 1 aliphatic carbocycles. The number of hydrogen-bond acceptors (Lipinski definition) is 3. The van der Waals surface area contributed by atoms with Crippen molar-refractivity contribution in [2.24, 2.45) is 5.92 Å². The first kappa shape index (κ1) is 13.7. The maximum absolute atomic E-state index is 9.22. The van der Waals surface area contributed by atoms with Gasteiger partial charge >= 0.3 is 0 Å². The van der Waals surface area contributed by atoms with E-state index in [-0.39, 0.29) is 6.61 Å². The quantitative estimate of drug-likeness (QED) is 0.832. The second kappa shape index (κ2) is 5.98. The van der Waals surface area contributed by atoms with Crippen LogP contribution in [0.2, 0.25) is 0 Å². The van der Waals surface area contributed by atoms with Gasteiger partial charge in [-0.2, -0.15) is 0 Å². The van der Waals surface area contributed by atoms with Crippen molar-refractivity contribution in [2.75, 3.05) is 13.2 Å². The molecule has 20 heavy (non-hydrogen) atoms. The summed E-state index contributed by atoms with van der Waals surface area (Å²) in [7, 11) is 0. The van der Waals surface area contributed by atoms with Gasteiger partial charge in [0.15, 0.2) is 0 Å². The molecule has 0 fully saturated rings. The molecule has 0 saturated carbocycles. The van der Waals surface area contributed by atoms with Crippen LogP contribution in [0.25, 0.3) is 0 Å². The summed E-state index contributed by atoms with van der Waals surface area (Å²) >= 11 is 0. The van der Waals surface area contributed by atoms with Crippen molar-refractivity contribution in [1.82, 2.24) is 5.32 Å². The molecule has 3 heteroatoms. The third-order valence-electron chi connectivity index (χ3n) is 4.26. The Balaban J connectivity index is 1.75. The van der Waals surface area contributed by atoms with Gasteiger partial charge in [-0.15, -0.1) is 0 Å². The topological polar surface area (TPSA) is 41.5 Å². The van der Waals surface area contributed by atoms with Gasteiger partial charge in [0.2, 0.25) is 0 Å². The SMILES string of the molecule is Cc1ccc2c(c1)OCCC[C@H]2N[C@@H]1C=C[C@H](CO)C1. The molecule has 0 saturated heterocycles. The molecule has 0 aromatic heterocycles. The zero-order valence-corrected chi connectivity index (χ0v) is 12.0. The van der Waals surface area contributed by atoms with Gasteiger partial charge in [0, 0.05) is 30.2 Å². The smallest absolute Gasteiger partial charge is 0.124 e. The monoisotopic (exact) mass is 273 g/mol. The molecule has 1 aromatic carbocycles. The summed E-state index contributed by atoms with van der Waals surface area (Å²) in [6.07, 6.45) is 7.49. The first-order chi connectivity index (χ1) is 9.76.